The first-order chi connectivity index (χ1) is 14.9. The molecule has 0 bridgehead atoms. The van der Waals surface area contributed by atoms with Crippen molar-refractivity contribution in [3.8, 4) is 0 Å². The highest BCUT2D eigenvalue weighted by atomic mass is 32.2. The zero-order valence-electron chi connectivity index (χ0n) is 16.8. The van der Waals surface area contributed by atoms with Gasteiger partial charge in [-0.25, -0.2) is 17.2 Å². The molecular formula is C20H20F5N3O3S. The van der Waals surface area contributed by atoms with Crippen molar-refractivity contribution < 1.29 is 35.2 Å². The van der Waals surface area contributed by atoms with Gasteiger partial charge in [-0.1, -0.05) is 12.1 Å². The third kappa shape index (κ3) is 5.18. The molecule has 1 aliphatic rings. The van der Waals surface area contributed by atoms with Crippen LogP contribution in [0.1, 0.15) is 25.3 Å². The number of benzene rings is 2. The molecule has 0 aromatic heterocycles. The van der Waals surface area contributed by atoms with Crippen LogP contribution in [0.2, 0.25) is 0 Å². The number of anilines is 2. The van der Waals surface area contributed by atoms with Crippen molar-refractivity contribution in [3.05, 3.63) is 53.6 Å². The fourth-order valence-electron chi connectivity index (χ4n) is 3.42. The highest BCUT2D eigenvalue weighted by Crippen LogP contribution is 2.34. The van der Waals surface area contributed by atoms with Crippen LogP contribution >= 0.6 is 0 Å². The number of carbonyl (C=O) groups is 1. The summed E-state index contributed by atoms with van der Waals surface area (Å²) in [5.74, 6) is -2.80. The van der Waals surface area contributed by atoms with Crippen molar-refractivity contribution in [2.75, 3.05) is 23.3 Å². The summed E-state index contributed by atoms with van der Waals surface area (Å²) >= 11 is 0. The van der Waals surface area contributed by atoms with Crippen molar-refractivity contribution in [2.45, 2.75) is 36.9 Å². The Morgan fingerprint density at radius 1 is 1.06 bits per heavy atom. The minimum atomic E-state index is -4.93. The lowest BCUT2D eigenvalue weighted by Crippen LogP contribution is -2.42. The average molecular weight is 477 g/mol. The first-order valence-corrected chi connectivity index (χ1v) is 11.1. The second-order valence-corrected chi connectivity index (χ2v) is 8.99. The lowest BCUT2D eigenvalue weighted by atomic mass is 10.2. The van der Waals surface area contributed by atoms with E-state index >= 15 is 0 Å². The summed E-state index contributed by atoms with van der Waals surface area (Å²) in [6.45, 7) is 2.09. The van der Waals surface area contributed by atoms with Crippen molar-refractivity contribution in [1.82, 2.24) is 4.72 Å². The van der Waals surface area contributed by atoms with Crippen LogP contribution in [-0.2, 0) is 21.0 Å². The molecule has 2 N–H and O–H groups in total. The van der Waals surface area contributed by atoms with Gasteiger partial charge in [0.2, 0.25) is 15.9 Å². The number of alkyl halides is 3. The van der Waals surface area contributed by atoms with E-state index in [-0.39, 0.29) is 11.4 Å². The molecular weight excluding hydrogens is 457 g/mol. The van der Waals surface area contributed by atoms with Gasteiger partial charge in [-0.2, -0.15) is 17.9 Å². The van der Waals surface area contributed by atoms with E-state index in [0.717, 1.165) is 50.1 Å². The number of hydrogen-bond donors (Lipinski definition) is 2. The van der Waals surface area contributed by atoms with Crippen LogP contribution < -0.4 is 14.9 Å². The van der Waals surface area contributed by atoms with Gasteiger partial charge in [0.15, 0.2) is 11.6 Å². The summed E-state index contributed by atoms with van der Waals surface area (Å²) in [6, 6.07) is 3.77. The predicted molar refractivity (Wildman–Crippen MR) is 108 cm³/mol. The molecule has 12 heteroatoms. The Balaban J connectivity index is 1.76. The summed E-state index contributed by atoms with van der Waals surface area (Å²) in [6.07, 6.45) is -3.33. The Hall–Kier alpha value is -2.73. The molecule has 0 saturated carbocycles. The molecule has 1 heterocycles. The number of amides is 1. The fraction of sp³-hybridized carbons (Fsp3) is 0.350. The van der Waals surface area contributed by atoms with Gasteiger partial charge in [0.05, 0.1) is 16.5 Å². The van der Waals surface area contributed by atoms with Gasteiger partial charge < -0.3 is 10.2 Å². The van der Waals surface area contributed by atoms with Crippen LogP contribution in [0.25, 0.3) is 0 Å². The lowest BCUT2D eigenvalue weighted by molar-refractivity contribution is -0.139. The van der Waals surface area contributed by atoms with E-state index in [1.54, 1.807) is 4.90 Å². The van der Waals surface area contributed by atoms with Crippen LogP contribution in [0, 0.1) is 11.6 Å². The van der Waals surface area contributed by atoms with Gasteiger partial charge in [0.25, 0.3) is 0 Å². The van der Waals surface area contributed by atoms with Crippen LogP contribution in [0.15, 0.2) is 41.3 Å². The van der Waals surface area contributed by atoms with Crippen LogP contribution in [0.4, 0.5) is 33.3 Å². The van der Waals surface area contributed by atoms with E-state index in [1.165, 1.54) is 0 Å². The molecule has 1 fully saturated rings. The number of halogens is 5. The molecule has 1 saturated heterocycles. The molecule has 0 radical (unpaired) electrons. The minimum Gasteiger partial charge on any atom is -0.367 e. The highest BCUT2D eigenvalue weighted by Gasteiger charge is 2.37. The molecule has 32 heavy (non-hydrogen) atoms. The highest BCUT2D eigenvalue weighted by molar-refractivity contribution is 7.89. The number of sulfonamides is 1. The summed E-state index contributed by atoms with van der Waals surface area (Å²) in [7, 11) is -4.73. The Morgan fingerprint density at radius 3 is 2.19 bits per heavy atom. The minimum absolute atomic E-state index is 0.210. The summed E-state index contributed by atoms with van der Waals surface area (Å²) in [4.78, 5) is 12.9. The Bertz CT molecular complexity index is 1090. The van der Waals surface area contributed by atoms with Crippen LogP contribution in [0.3, 0.4) is 0 Å². The molecule has 0 aliphatic carbocycles. The molecule has 1 atom stereocenters. The summed E-state index contributed by atoms with van der Waals surface area (Å²) < 4.78 is 95.0. The largest absolute Gasteiger partial charge is 0.417 e. The average Bonchev–Trinajstić information content (AvgIpc) is 3.20. The van der Waals surface area contributed by atoms with E-state index < -0.39 is 50.2 Å². The smallest absolute Gasteiger partial charge is 0.367 e. The topological polar surface area (TPSA) is 78.5 Å². The second kappa shape index (κ2) is 9.02. The SMILES string of the molecule is C[C@H](NS(=O)(=O)c1ccccc1C(F)(F)F)C(=O)Nc1cc(F)c(N2CCCC2)c(F)c1. The molecule has 1 amide bonds. The molecule has 0 spiro atoms. The maximum Gasteiger partial charge on any atom is 0.417 e. The van der Waals surface area contributed by atoms with Crippen LogP contribution in [0.5, 0.6) is 0 Å². The Kier molecular flexibility index (Phi) is 6.75. The second-order valence-electron chi connectivity index (χ2n) is 7.31. The third-order valence-corrected chi connectivity index (χ3v) is 6.51. The molecule has 2 aromatic rings. The standard InChI is InChI=1S/C20H20F5N3O3S/c1-12(27-32(30,31)17-7-3-2-6-14(17)20(23,24)25)19(29)26-13-10-15(21)18(16(22)11-13)28-8-4-5-9-28/h2-3,6-7,10-12,27H,4-5,8-9H2,1H3,(H,26,29)/t12-/m0/s1. The molecule has 0 unspecified atom stereocenters. The van der Waals surface area contributed by atoms with Crippen molar-refractivity contribution >= 4 is 27.3 Å². The van der Waals surface area contributed by atoms with Gasteiger partial charge in [-0.05, 0) is 44.0 Å². The molecule has 1 aliphatic heterocycles. The maximum atomic E-state index is 14.4. The van der Waals surface area contributed by atoms with E-state index in [4.69, 9.17) is 0 Å². The van der Waals surface area contributed by atoms with E-state index in [2.05, 4.69) is 5.32 Å². The normalized spacial score (nSPS) is 15.6. The molecule has 3 rings (SSSR count). The molecule has 2 aromatic carbocycles. The summed E-state index contributed by atoms with van der Waals surface area (Å²) in [5, 5.41) is 2.17. The number of rotatable bonds is 6. The Labute approximate surface area is 181 Å². The zero-order chi connectivity index (χ0) is 23.7. The van der Waals surface area contributed by atoms with Gasteiger partial charge in [0.1, 0.15) is 5.69 Å². The number of hydrogen-bond acceptors (Lipinski definition) is 4. The van der Waals surface area contributed by atoms with Gasteiger partial charge in [-0.3, -0.25) is 4.79 Å². The number of nitrogens with one attached hydrogen (secondary N) is 2. The fourth-order valence-corrected chi connectivity index (χ4v) is 4.85. The monoisotopic (exact) mass is 477 g/mol. The number of carbonyl (C=O) groups excluding carboxylic acids is 1. The van der Waals surface area contributed by atoms with Gasteiger partial charge in [-0.15, -0.1) is 0 Å². The van der Waals surface area contributed by atoms with E-state index in [0.29, 0.717) is 19.2 Å². The maximum absolute atomic E-state index is 14.4. The quantitative estimate of drug-likeness (QED) is 0.619. The van der Waals surface area contributed by atoms with E-state index in [9.17, 15) is 35.2 Å². The van der Waals surface area contributed by atoms with Crippen molar-refractivity contribution in [2.24, 2.45) is 0 Å². The van der Waals surface area contributed by atoms with Gasteiger partial charge >= 0.3 is 6.18 Å². The molecule has 6 nitrogen and oxygen atoms in total. The molecule has 174 valence electrons. The van der Waals surface area contributed by atoms with Gasteiger partial charge in [0, 0.05) is 18.8 Å². The predicted octanol–water partition coefficient (Wildman–Crippen LogP) is 3.89. The van der Waals surface area contributed by atoms with Crippen LogP contribution in [-0.4, -0.2) is 33.5 Å². The number of nitrogens with zero attached hydrogens (tertiary/aromatic N) is 1. The zero-order valence-corrected chi connectivity index (χ0v) is 17.7. The summed E-state index contributed by atoms with van der Waals surface area (Å²) in [5.41, 5.74) is -1.85. The Morgan fingerprint density at radius 2 is 1.62 bits per heavy atom. The lowest BCUT2D eigenvalue weighted by Gasteiger charge is -2.20. The third-order valence-electron chi connectivity index (χ3n) is 4.91. The van der Waals surface area contributed by atoms with Crippen molar-refractivity contribution in [3.63, 3.8) is 0 Å². The first kappa shape index (κ1) is 23.9. The first-order valence-electron chi connectivity index (χ1n) is 9.63. The van der Waals surface area contributed by atoms with Crippen molar-refractivity contribution in [1.29, 1.82) is 0 Å². The van der Waals surface area contributed by atoms with E-state index in [1.807, 2.05) is 4.72 Å².